The Bertz CT molecular complexity index is 213. The number of carbonyl (C=O) groups is 1. The van der Waals surface area contributed by atoms with Gasteiger partial charge in [0.25, 0.3) is 0 Å². The monoisotopic (exact) mass is 185 g/mol. The van der Waals surface area contributed by atoms with Gasteiger partial charge >= 0.3 is 5.97 Å². The van der Waals surface area contributed by atoms with E-state index in [0.29, 0.717) is 19.8 Å². The standard InChI is InChI=1S/C9H15NO3/c1-2-13-8(11)7-3-10-4-9(7)5-12-6-9/h7,10H,2-6H2,1H3/t7-/m1/s1. The molecule has 13 heavy (non-hydrogen) atoms. The van der Waals surface area contributed by atoms with Crippen LogP contribution in [0.2, 0.25) is 0 Å². The molecule has 1 N–H and O–H groups in total. The Labute approximate surface area is 77.6 Å². The summed E-state index contributed by atoms with van der Waals surface area (Å²) in [5.41, 5.74) is 0.0479. The lowest BCUT2D eigenvalue weighted by atomic mass is 9.76. The van der Waals surface area contributed by atoms with Crippen molar-refractivity contribution in [2.24, 2.45) is 11.3 Å². The quantitative estimate of drug-likeness (QED) is 0.604. The van der Waals surface area contributed by atoms with Gasteiger partial charge in [-0.1, -0.05) is 0 Å². The van der Waals surface area contributed by atoms with E-state index in [1.807, 2.05) is 6.92 Å². The fourth-order valence-corrected chi connectivity index (χ4v) is 2.05. The number of carbonyl (C=O) groups excluding carboxylic acids is 1. The van der Waals surface area contributed by atoms with Gasteiger partial charge in [0, 0.05) is 18.5 Å². The maximum Gasteiger partial charge on any atom is 0.311 e. The van der Waals surface area contributed by atoms with Crippen molar-refractivity contribution in [3.63, 3.8) is 0 Å². The predicted molar refractivity (Wildman–Crippen MR) is 46.2 cm³/mol. The maximum absolute atomic E-state index is 11.5. The van der Waals surface area contributed by atoms with Crippen molar-refractivity contribution in [2.45, 2.75) is 6.92 Å². The van der Waals surface area contributed by atoms with Gasteiger partial charge in [-0.25, -0.2) is 0 Å². The van der Waals surface area contributed by atoms with E-state index in [1.165, 1.54) is 0 Å². The maximum atomic E-state index is 11.5. The van der Waals surface area contributed by atoms with E-state index in [1.54, 1.807) is 0 Å². The second kappa shape index (κ2) is 3.27. The fourth-order valence-electron chi connectivity index (χ4n) is 2.05. The Morgan fingerprint density at radius 2 is 2.46 bits per heavy atom. The first-order valence-electron chi connectivity index (χ1n) is 4.73. The minimum Gasteiger partial charge on any atom is -0.466 e. The van der Waals surface area contributed by atoms with Crippen LogP contribution in [0.4, 0.5) is 0 Å². The van der Waals surface area contributed by atoms with Crippen LogP contribution in [0, 0.1) is 11.3 Å². The second-order valence-electron chi connectivity index (χ2n) is 3.79. The van der Waals surface area contributed by atoms with Gasteiger partial charge < -0.3 is 14.8 Å². The first-order chi connectivity index (χ1) is 6.28. The van der Waals surface area contributed by atoms with Crippen LogP contribution in [0.15, 0.2) is 0 Å². The minimum absolute atomic E-state index is 0.00111. The Morgan fingerprint density at radius 1 is 1.69 bits per heavy atom. The number of nitrogens with one attached hydrogen (secondary N) is 1. The Balaban J connectivity index is 2.01. The van der Waals surface area contributed by atoms with Crippen molar-refractivity contribution in [2.75, 3.05) is 32.9 Å². The highest BCUT2D eigenvalue weighted by atomic mass is 16.5. The molecule has 0 aromatic carbocycles. The van der Waals surface area contributed by atoms with E-state index < -0.39 is 0 Å². The van der Waals surface area contributed by atoms with Gasteiger partial charge in [0.05, 0.1) is 25.7 Å². The van der Waals surface area contributed by atoms with E-state index in [9.17, 15) is 4.79 Å². The molecular formula is C9H15NO3. The third-order valence-electron chi connectivity index (χ3n) is 2.91. The molecule has 2 fully saturated rings. The van der Waals surface area contributed by atoms with Crippen LogP contribution in [0.1, 0.15) is 6.92 Å². The number of rotatable bonds is 2. The summed E-state index contributed by atoms with van der Waals surface area (Å²) in [7, 11) is 0. The molecule has 0 aromatic rings. The highest BCUT2D eigenvalue weighted by molar-refractivity contribution is 5.74. The molecule has 4 heteroatoms. The molecule has 74 valence electrons. The molecule has 0 bridgehead atoms. The van der Waals surface area contributed by atoms with Crippen LogP contribution in [0.25, 0.3) is 0 Å². The molecule has 2 aliphatic rings. The van der Waals surface area contributed by atoms with Crippen LogP contribution in [0.5, 0.6) is 0 Å². The number of esters is 1. The number of ether oxygens (including phenoxy) is 2. The molecule has 2 heterocycles. The van der Waals surface area contributed by atoms with Gasteiger partial charge in [0.2, 0.25) is 0 Å². The molecule has 1 spiro atoms. The zero-order valence-electron chi connectivity index (χ0n) is 7.84. The second-order valence-corrected chi connectivity index (χ2v) is 3.79. The van der Waals surface area contributed by atoms with Crippen molar-refractivity contribution >= 4 is 5.97 Å². The highest BCUT2D eigenvalue weighted by Gasteiger charge is 2.52. The molecule has 0 amide bonds. The van der Waals surface area contributed by atoms with Gasteiger partial charge in [0.15, 0.2) is 0 Å². The summed E-state index contributed by atoms with van der Waals surface area (Å²) in [6, 6.07) is 0. The molecule has 1 atom stereocenters. The van der Waals surface area contributed by atoms with Crippen molar-refractivity contribution < 1.29 is 14.3 Å². The predicted octanol–water partition coefficient (Wildman–Crippen LogP) is -0.215. The van der Waals surface area contributed by atoms with Crippen LogP contribution >= 0.6 is 0 Å². The number of hydrogen-bond acceptors (Lipinski definition) is 4. The molecule has 4 nitrogen and oxygen atoms in total. The molecule has 2 saturated heterocycles. The SMILES string of the molecule is CCOC(=O)[C@H]1CNCC12COC2. The molecule has 2 aliphatic heterocycles. The van der Waals surface area contributed by atoms with Crippen molar-refractivity contribution in [1.82, 2.24) is 5.32 Å². The Hall–Kier alpha value is -0.610. The fraction of sp³-hybridized carbons (Fsp3) is 0.889. The minimum atomic E-state index is -0.0733. The average Bonchev–Trinajstić information content (AvgIpc) is 2.46. The summed E-state index contributed by atoms with van der Waals surface area (Å²) in [6.07, 6.45) is 0. The largest absolute Gasteiger partial charge is 0.466 e. The molecule has 0 aliphatic carbocycles. The van der Waals surface area contributed by atoms with Crippen LogP contribution in [0.3, 0.4) is 0 Å². The lowest BCUT2D eigenvalue weighted by molar-refractivity contribution is -0.169. The van der Waals surface area contributed by atoms with Crippen LogP contribution in [-0.4, -0.2) is 38.9 Å². The van der Waals surface area contributed by atoms with Crippen LogP contribution < -0.4 is 5.32 Å². The first kappa shape index (κ1) is 8.97. The van der Waals surface area contributed by atoms with E-state index in [2.05, 4.69) is 5.32 Å². The van der Waals surface area contributed by atoms with Gasteiger partial charge in [-0.15, -0.1) is 0 Å². The van der Waals surface area contributed by atoms with Gasteiger partial charge in [-0.3, -0.25) is 4.79 Å². The highest BCUT2D eigenvalue weighted by Crippen LogP contribution is 2.39. The third kappa shape index (κ3) is 1.34. The van der Waals surface area contributed by atoms with Crippen molar-refractivity contribution in [1.29, 1.82) is 0 Å². The molecule has 0 radical (unpaired) electrons. The molecule has 0 saturated carbocycles. The normalized spacial score (nSPS) is 30.1. The van der Waals surface area contributed by atoms with Crippen molar-refractivity contribution in [3.8, 4) is 0 Å². The van der Waals surface area contributed by atoms with E-state index in [0.717, 1.165) is 13.1 Å². The van der Waals surface area contributed by atoms with E-state index in [4.69, 9.17) is 9.47 Å². The summed E-state index contributed by atoms with van der Waals surface area (Å²) >= 11 is 0. The Morgan fingerprint density at radius 3 is 3.00 bits per heavy atom. The van der Waals surface area contributed by atoms with E-state index in [-0.39, 0.29) is 17.3 Å². The molecule has 0 unspecified atom stereocenters. The lowest BCUT2D eigenvalue weighted by Gasteiger charge is -2.40. The topological polar surface area (TPSA) is 47.6 Å². The zero-order valence-corrected chi connectivity index (χ0v) is 7.84. The lowest BCUT2D eigenvalue weighted by Crippen LogP contribution is -2.51. The van der Waals surface area contributed by atoms with Gasteiger partial charge in [-0.05, 0) is 6.92 Å². The molecular weight excluding hydrogens is 170 g/mol. The molecule has 0 aromatic heterocycles. The third-order valence-corrected chi connectivity index (χ3v) is 2.91. The summed E-state index contributed by atoms with van der Waals surface area (Å²) in [5.74, 6) is -0.0722. The number of hydrogen-bond donors (Lipinski definition) is 1. The van der Waals surface area contributed by atoms with E-state index >= 15 is 0 Å². The summed E-state index contributed by atoms with van der Waals surface area (Å²) in [6.45, 7) is 5.32. The first-order valence-corrected chi connectivity index (χ1v) is 4.73. The Kier molecular flexibility index (Phi) is 2.26. The van der Waals surface area contributed by atoms with Crippen molar-refractivity contribution in [3.05, 3.63) is 0 Å². The summed E-state index contributed by atoms with van der Waals surface area (Å²) < 4.78 is 10.2. The summed E-state index contributed by atoms with van der Waals surface area (Å²) in [4.78, 5) is 11.5. The summed E-state index contributed by atoms with van der Waals surface area (Å²) in [5, 5.41) is 3.22. The average molecular weight is 185 g/mol. The van der Waals surface area contributed by atoms with Gasteiger partial charge in [0.1, 0.15) is 0 Å². The molecule has 2 rings (SSSR count). The zero-order chi connectivity index (χ0) is 9.31. The van der Waals surface area contributed by atoms with Crippen LogP contribution in [-0.2, 0) is 14.3 Å². The smallest absolute Gasteiger partial charge is 0.311 e. The van der Waals surface area contributed by atoms with Gasteiger partial charge in [-0.2, -0.15) is 0 Å².